The van der Waals surface area contributed by atoms with Crippen LogP contribution in [0, 0.1) is 6.42 Å². The molecule has 4 heteroatoms. The van der Waals surface area contributed by atoms with Crippen LogP contribution in [0.5, 0.6) is 0 Å². The van der Waals surface area contributed by atoms with Crippen molar-refractivity contribution in [2.24, 2.45) is 0 Å². The number of carbonyl (C=O) groups is 1. The third kappa shape index (κ3) is 2.61. The maximum atomic E-state index is 11.1. The summed E-state index contributed by atoms with van der Waals surface area (Å²) in [5.74, 6) is 1.16. The van der Waals surface area contributed by atoms with Crippen molar-refractivity contribution in [3.05, 3.63) is 30.6 Å². The molecule has 1 atom stereocenters. The van der Waals surface area contributed by atoms with Crippen LogP contribution >= 0.6 is 0 Å². The van der Waals surface area contributed by atoms with Crippen LogP contribution in [0.4, 0.5) is 0 Å². The van der Waals surface area contributed by atoms with Crippen LogP contribution in [-0.4, -0.2) is 23.4 Å². The zero-order valence-corrected chi connectivity index (χ0v) is 10.1. The first-order valence-electron chi connectivity index (χ1n) is 4.99. The molecule has 0 saturated carbocycles. The third-order valence-corrected chi connectivity index (χ3v) is 2.63. The fourth-order valence-electron chi connectivity index (χ4n) is 1.81. The van der Waals surface area contributed by atoms with E-state index in [0.29, 0.717) is 6.04 Å². The van der Waals surface area contributed by atoms with E-state index in [0.717, 1.165) is 25.1 Å². The van der Waals surface area contributed by atoms with Crippen molar-refractivity contribution in [2.45, 2.75) is 25.8 Å². The summed E-state index contributed by atoms with van der Waals surface area (Å²) in [4.78, 5) is 13.0. The van der Waals surface area contributed by atoms with Gasteiger partial charge in [-0.25, -0.2) is 0 Å². The minimum absolute atomic E-state index is 0. The third-order valence-electron chi connectivity index (χ3n) is 2.63. The first kappa shape index (κ1) is 12.3. The smallest absolute Gasteiger partial charge is 0.103 e. The van der Waals surface area contributed by atoms with Gasteiger partial charge >= 0.3 is 0 Å². The number of amides is 1. The molecule has 81 valence electrons. The monoisotopic (exact) mass is 243 g/mol. The second-order valence-electron chi connectivity index (χ2n) is 3.48. The predicted octanol–water partition coefficient (Wildman–Crippen LogP) is 1.64. The van der Waals surface area contributed by atoms with Crippen LogP contribution in [0.15, 0.2) is 22.8 Å². The summed E-state index contributed by atoms with van der Waals surface area (Å²) in [7, 11) is 0. The predicted molar refractivity (Wildman–Crippen MR) is 52.5 cm³/mol. The second-order valence-corrected chi connectivity index (χ2v) is 3.48. The second kappa shape index (κ2) is 5.33. The quantitative estimate of drug-likeness (QED) is 0.595. The Morgan fingerprint density at radius 3 is 2.93 bits per heavy atom. The van der Waals surface area contributed by atoms with Crippen LogP contribution in [0.2, 0.25) is 0 Å². The minimum Gasteiger partial charge on any atom is -0.469 e. The molecule has 1 aliphatic rings. The van der Waals surface area contributed by atoms with E-state index in [1.54, 1.807) is 12.7 Å². The van der Waals surface area contributed by atoms with Gasteiger partial charge in [-0.05, 0) is 19.1 Å². The molecule has 0 aliphatic carbocycles. The number of rotatable bonds is 4. The maximum absolute atomic E-state index is 11.1. The average molecular weight is 243 g/mol. The Morgan fingerprint density at radius 1 is 1.60 bits per heavy atom. The fourth-order valence-corrected chi connectivity index (χ4v) is 1.81. The first-order valence-corrected chi connectivity index (χ1v) is 4.99. The Hall–Kier alpha value is -0.796. The first-order chi connectivity index (χ1) is 6.81. The van der Waals surface area contributed by atoms with Crippen molar-refractivity contribution in [3.8, 4) is 0 Å². The Balaban J connectivity index is 0.00000112. The number of hydrogen-bond donors (Lipinski definition) is 0. The summed E-state index contributed by atoms with van der Waals surface area (Å²) in [6.45, 7) is 2.81. The van der Waals surface area contributed by atoms with Gasteiger partial charge in [0.15, 0.2) is 0 Å². The molecular weight excluding hydrogens is 229 g/mol. The zero-order valence-electron chi connectivity index (χ0n) is 8.72. The Bertz CT molecular complexity index is 310. The number of likely N-dealkylation sites (tertiary alicyclic amines) is 1. The van der Waals surface area contributed by atoms with Crippen LogP contribution in [0.1, 0.15) is 19.1 Å². The van der Waals surface area contributed by atoms with Gasteiger partial charge in [-0.15, -0.1) is 0 Å². The zero-order chi connectivity index (χ0) is 9.97. The Kier molecular flexibility index (Phi) is 4.36. The van der Waals surface area contributed by atoms with Gasteiger partial charge in [-0.1, -0.05) is 12.5 Å². The molecule has 1 amide bonds. The van der Waals surface area contributed by atoms with Crippen molar-refractivity contribution >= 4 is 5.91 Å². The average Bonchev–Trinajstić information content (AvgIpc) is 2.65. The molecule has 1 saturated heterocycles. The molecule has 1 aromatic rings. The molecule has 1 aromatic heterocycles. The van der Waals surface area contributed by atoms with Gasteiger partial charge in [-0.2, -0.15) is 0 Å². The van der Waals surface area contributed by atoms with E-state index in [4.69, 9.17) is 4.42 Å². The van der Waals surface area contributed by atoms with E-state index in [2.05, 4.69) is 0 Å². The summed E-state index contributed by atoms with van der Waals surface area (Å²) in [6.07, 6.45) is 5.33. The number of carbonyl (C=O) groups excluding carboxylic acids is 1. The SMILES string of the molecule is CCN1C(=O)[CH-][C@H]1CCc1ccco1.[V]. The maximum Gasteiger partial charge on any atom is 0.103 e. The van der Waals surface area contributed by atoms with E-state index in [1.165, 1.54) is 0 Å². The van der Waals surface area contributed by atoms with Gasteiger partial charge < -0.3 is 14.1 Å². The number of furan rings is 1. The molecule has 0 unspecified atom stereocenters. The van der Waals surface area contributed by atoms with Gasteiger partial charge in [0.05, 0.1) is 12.2 Å². The van der Waals surface area contributed by atoms with Gasteiger partial charge in [0, 0.05) is 31.5 Å². The summed E-state index contributed by atoms with van der Waals surface area (Å²) in [5.41, 5.74) is 0. The van der Waals surface area contributed by atoms with Crippen LogP contribution < -0.4 is 0 Å². The van der Waals surface area contributed by atoms with Gasteiger partial charge in [0.2, 0.25) is 0 Å². The van der Waals surface area contributed by atoms with Crippen LogP contribution in [0.25, 0.3) is 0 Å². The molecule has 1 aliphatic heterocycles. The van der Waals surface area contributed by atoms with Crippen molar-refractivity contribution < 1.29 is 27.8 Å². The van der Waals surface area contributed by atoms with E-state index < -0.39 is 0 Å². The molecule has 0 N–H and O–H groups in total. The molecule has 3 nitrogen and oxygen atoms in total. The largest absolute Gasteiger partial charge is 0.469 e. The topological polar surface area (TPSA) is 33.5 Å². The molecule has 0 aromatic carbocycles. The molecule has 15 heavy (non-hydrogen) atoms. The van der Waals surface area contributed by atoms with Crippen molar-refractivity contribution in [1.82, 2.24) is 4.90 Å². The number of β-lactam (4-membered cyclic amide) rings is 1. The molecular formula is C11H14NO2V-. The molecule has 0 bridgehead atoms. The van der Waals surface area contributed by atoms with E-state index in [1.807, 2.05) is 24.0 Å². The van der Waals surface area contributed by atoms with Crippen molar-refractivity contribution in [3.63, 3.8) is 0 Å². The Morgan fingerprint density at radius 2 is 2.40 bits per heavy atom. The van der Waals surface area contributed by atoms with Crippen molar-refractivity contribution in [2.75, 3.05) is 6.54 Å². The van der Waals surface area contributed by atoms with Crippen LogP contribution in [0.3, 0.4) is 0 Å². The number of aryl methyl sites for hydroxylation is 1. The molecule has 0 spiro atoms. The molecule has 1 radical (unpaired) electrons. The molecule has 2 heterocycles. The van der Waals surface area contributed by atoms with Crippen molar-refractivity contribution in [1.29, 1.82) is 0 Å². The fraction of sp³-hybridized carbons (Fsp3) is 0.455. The van der Waals surface area contributed by atoms with Gasteiger partial charge in [0.25, 0.3) is 0 Å². The van der Waals surface area contributed by atoms with E-state index in [-0.39, 0.29) is 24.5 Å². The standard InChI is InChI=1S/C11H14NO2.V/c1-2-12-9(8-11(12)13)5-6-10-4-3-7-14-10;/h3-4,7-9H,2,5-6H2,1H3;/q-1;/t9-;/m1./s1. The summed E-state index contributed by atoms with van der Waals surface area (Å²) >= 11 is 0. The molecule has 2 rings (SSSR count). The van der Waals surface area contributed by atoms with Gasteiger partial charge in [-0.3, -0.25) is 6.42 Å². The molecule has 1 fully saturated rings. The van der Waals surface area contributed by atoms with E-state index >= 15 is 0 Å². The summed E-state index contributed by atoms with van der Waals surface area (Å²) in [5, 5.41) is 0. The minimum atomic E-state index is 0. The van der Waals surface area contributed by atoms with Gasteiger partial charge in [0.1, 0.15) is 5.76 Å². The summed E-state index contributed by atoms with van der Waals surface area (Å²) < 4.78 is 5.23. The normalized spacial score (nSPS) is 19.1. The number of nitrogens with zero attached hydrogens (tertiary/aromatic N) is 1. The summed E-state index contributed by atoms with van der Waals surface area (Å²) in [6, 6.07) is 4.18. The van der Waals surface area contributed by atoms with Crippen LogP contribution in [-0.2, 0) is 29.8 Å². The number of hydrogen-bond acceptors (Lipinski definition) is 2. The Labute approximate surface area is 102 Å². The van der Waals surface area contributed by atoms with E-state index in [9.17, 15) is 4.79 Å².